The van der Waals surface area contributed by atoms with Crippen molar-refractivity contribution in [3.05, 3.63) is 42.1 Å². The van der Waals surface area contributed by atoms with Crippen molar-refractivity contribution in [1.82, 2.24) is 14.9 Å². The Morgan fingerprint density at radius 1 is 0.861 bits per heavy atom. The van der Waals surface area contributed by atoms with Crippen molar-refractivity contribution < 1.29 is 4.74 Å². The number of nitrogens with zero attached hydrogens (tertiary/aromatic N) is 4. The van der Waals surface area contributed by atoms with E-state index in [9.17, 15) is 0 Å². The molecule has 2 aliphatic rings. The Morgan fingerprint density at radius 2 is 1.58 bits per heavy atom. The lowest BCUT2D eigenvalue weighted by Gasteiger charge is -2.32. The highest BCUT2D eigenvalue weighted by Crippen LogP contribution is 2.21. The second-order valence-electron chi connectivity index (χ2n) is 10.6. The topological polar surface area (TPSA) is 53.5 Å². The van der Waals surface area contributed by atoms with Crippen LogP contribution in [0.4, 0.5) is 11.8 Å². The predicted octanol–water partition coefficient (Wildman–Crippen LogP) is 6.67. The Hall–Kier alpha value is -2.34. The van der Waals surface area contributed by atoms with Crippen LogP contribution in [0.2, 0.25) is 0 Å². The molecule has 1 N–H and O–H groups in total. The molecule has 6 nitrogen and oxygen atoms in total. The van der Waals surface area contributed by atoms with Gasteiger partial charge in [-0.15, -0.1) is 0 Å². The van der Waals surface area contributed by atoms with E-state index in [0.29, 0.717) is 6.04 Å². The molecule has 0 radical (unpaired) electrons. The van der Waals surface area contributed by atoms with Gasteiger partial charge in [-0.25, -0.2) is 4.98 Å². The Morgan fingerprint density at radius 3 is 2.33 bits per heavy atom. The van der Waals surface area contributed by atoms with Crippen LogP contribution in [0.15, 0.2) is 36.5 Å². The summed E-state index contributed by atoms with van der Waals surface area (Å²) in [7, 11) is 0. The maximum atomic E-state index is 5.94. The zero-order valence-corrected chi connectivity index (χ0v) is 22.5. The number of hydrogen-bond acceptors (Lipinski definition) is 6. The number of piperidine rings is 1. The molecule has 0 saturated carbocycles. The number of hydrogen-bond donors (Lipinski definition) is 1. The van der Waals surface area contributed by atoms with Crippen molar-refractivity contribution in [2.45, 2.75) is 96.6 Å². The van der Waals surface area contributed by atoms with Gasteiger partial charge in [-0.05, 0) is 55.9 Å². The van der Waals surface area contributed by atoms with Crippen LogP contribution in [-0.2, 0) is 6.54 Å². The average molecular weight is 494 g/mol. The lowest BCUT2D eigenvalue weighted by molar-refractivity contribution is 0.211. The summed E-state index contributed by atoms with van der Waals surface area (Å²) in [5.74, 6) is 2.86. The van der Waals surface area contributed by atoms with Gasteiger partial charge in [0.1, 0.15) is 11.6 Å². The van der Waals surface area contributed by atoms with Gasteiger partial charge >= 0.3 is 0 Å². The zero-order valence-electron chi connectivity index (χ0n) is 22.5. The van der Waals surface area contributed by atoms with E-state index in [0.717, 1.165) is 76.1 Å². The van der Waals surface area contributed by atoms with Crippen LogP contribution < -0.4 is 15.0 Å². The Labute approximate surface area is 218 Å². The summed E-state index contributed by atoms with van der Waals surface area (Å²) in [4.78, 5) is 14.3. The van der Waals surface area contributed by atoms with Crippen LogP contribution >= 0.6 is 0 Å². The minimum atomic E-state index is 0.443. The van der Waals surface area contributed by atoms with E-state index in [1.807, 2.05) is 6.20 Å². The second kappa shape index (κ2) is 15.0. The fraction of sp³-hybridized carbons (Fsp3) is 0.667. The first-order valence-corrected chi connectivity index (χ1v) is 14.6. The van der Waals surface area contributed by atoms with Crippen LogP contribution in [0.1, 0.15) is 89.5 Å². The van der Waals surface area contributed by atoms with Crippen LogP contribution in [0, 0.1) is 0 Å². The number of anilines is 2. The molecule has 1 aromatic heterocycles. The van der Waals surface area contributed by atoms with Crippen LogP contribution in [0.25, 0.3) is 0 Å². The standard InChI is InChI=1S/C30H47N5O/c1-2-3-4-5-8-11-24-36-28-14-12-26(13-15-28)25-34-22-17-27(18-23-34)32-30-31-19-16-29(33-30)35-20-9-6-7-10-21-35/h12-16,19,27H,2-11,17-18,20-25H2,1H3,(H,31,32,33). The highest BCUT2D eigenvalue weighted by Gasteiger charge is 2.20. The molecular formula is C30H47N5O. The molecule has 36 heavy (non-hydrogen) atoms. The van der Waals surface area contributed by atoms with E-state index in [4.69, 9.17) is 9.72 Å². The molecule has 0 unspecified atom stereocenters. The van der Waals surface area contributed by atoms with Crippen molar-refractivity contribution in [3.63, 3.8) is 0 Å². The Balaban J connectivity index is 1.14. The maximum absolute atomic E-state index is 5.94. The fourth-order valence-electron chi connectivity index (χ4n) is 5.33. The molecule has 198 valence electrons. The summed E-state index contributed by atoms with van der Waals surface area (Å²) in [6.07, 6.45) is 17.1. The highest BCUT2D eigenvalue weighted by molar-refractivity contribution is 5.43. The van der Waals surface area contributed by atoms with E-state index >= 15 is 0 Å². The second-order valence-corrected chi connectivity index (χ2v) is 10.6. The summed E-state index contributed by atoms with van der Waals surface area (Å²) < 4.78 is 5.94. The molecular weight excluding hydrogens is 446 g/mol. The smallest absolute Gasteiger partial charge is 0.224 e. The number of ether oxygens (including phenoxy) is 1. The van der Waals surface area contributed by atoms with Crippen molar-refractivity contribution in [2.75, 3.05) is 43.0 Å². The van der Waals surface area contributed by atoms with Crippen molar-refractivity contribution >= 4 is 11.8 Å². The van der Waals surface area contributed by atoms with Crippen molar-refractivity contribution in [2.24, 2.45) is 0 Å². The largest absolute Gasteiger partial charge is 0.494 e. The molecule has 6 heteroatoms. The minimum absolute atomic E-state index is 0.443. The summed E-state index contributed by atoms with van der Waals surface area (Å²) in [6.45, 7) is 8.52. The van der Waals surface area contributed by atoms with E-state index in [2.05, 4.69) is 57.4 Å². The van der Waals surface area contributed by atoms with Gasteiger partial charge in [0.15, 0.2) is 0 Å². The molecule has 2 aromatic rings. The highest BCUT2D eigenvalue weighted by atomic mass is 16.5. The van der Waals surface area contributed by atoms with Gasteiger partial charge < -0.3 is 15.0 Å². The SMILES string of the molecule is CCCCCCCCOc1ccc(CN2CCC(Nc3nccc(N4CCCCCC4)n3)CC2)cc1. The maximum Gasteiger partial charge on any atom is 0.224 e. The van der Waals surface area contributed by atoms with Gasteiger partial charge in [-0.3, -0.25) is 4.90 Å². The molecule has 0 atom stereocenters. The molecule has 2 fully saturated rings. The van der Waals surface area contributed by atoms with E-state index in [1.165, 1.54) is 63.4 Å². The average Bonchev–Trinajstić information content (AvgIpc) is 3.20. The summed E-state index contributed by atoms with van der Waals surface area (Å²) in [5.41, 5.74) is 1.36. The number of likely N-dealkylation sites (tertiary alicyclic amines) is 1. The monoisotopic (exact) mass is 493 g/mol. The van der Waals surface area contributed by atoms with E-state index in [-0.39, 0.29) is 0 Å². The number of unbranched alkanes of at least 4 members (excludes halogenated alkanes) is 5. The minimum Gasteiger partial charge on any atom is -0.494 e. The third-order valence-electron chi connectivity index (χ3n) is 7.59. The molecule has 0 amide bonds. The van der Waals surface area contributed by atoms with Gasteiger partial charge in [-0.2, -0.15) is 4.98 Å². The number of nitrogens with one attached hydrogen (secondary N) is 1. The molecule has 2 saturated heterocycles. The quantitative estimate of drug-likeness (QED) is 0.314. The van der Waals surface area contributed by atoms with E-state index < -0.39 is 0 Å². The number of aromatic nitrogens is 2. The van der Waals surface area contributed by atoms with Gasteiger partial charge in [0.25, 0.3) is 0 Å². The van der Waals surface area contributed by atoms with E-state index in [1.54, 1.807) is 0 Å². The number of rotatable bonds is 13. The first-order valence-electron chi connectivity index (χ1n) is 14.6. The van der Waals surface area contributed by atoms with Gasteiger partial charge in [0, 0.05) is 45.0 Å². The summed E-state index contributed by atoms with van der Waals surface area (Å²) in [5, 5.41) is 3.61. The fourth-order valence-corrected chi connectivity index (χ4v) is 5.33. The predicted molar refractivity (Wildman–Crippen MR) is 150 cm³/mol. The third kappa shape index (κ3) is 8.95. The molecule has 0 aliphatic carbocycles. The first-order chi connectivity index (χ1) is 17.8. The zero-order chi connectivity index (χ0) is 24.8. The Bertz CT molecular complexity index is 858. The van der Waals surface area contributed by atoms with Gasteiger partial charge in [0.05, 0.1) is 6.61 Å². The summed E-state index contributed by atoms with van der Waals surface area (Å²) >= 11 is 0. The van der Waals surface area contributed by atoms with Crippen molar-refractivity contribution in [3.8, 4) is 5.75 Å². The van der Waals surface area contributed by atoms with Crippen molar-refractivity contribution in [1.29, 1.82) is 0 Å². The third-order valence-corrected chi connectivity index (χ3v) is 7.59. The summed E-state index contributed by atoms with van der Waals surface area (Å²) in [6, 6.07) is 11.2. The number of benzene rings is 1. The van der Waals surface area contributed by atoms with Gasteiger partial charge in [0.2, 0.25) is 5.95 Å². The lowest BCUT2D eigenvalue weighted by Crippen LogP contribution is -2.39. The molecule has 0 spiro atoms. The molecule has 2 aliphatic heterocycles. The molecule has 4 rings (SSSR count). The van der Waals surface area contributed by atoms with Crippen LogP contribution in [-0.4, -0.2) is 53.7 Å². The van der Waals surface area contributed by atoms with Crippen LogP contribution in [0.3, 0.4) is 0 Å². The molecule has 1 aromatic carbocycles. The first kappa shape index (κ1) is 26.7. The van der Waals surface area contributed by atoms with Gasteiger partial charge in [-0.1, -0.05) is 64.0 Å². The molecule has 0 bridgehead atoms. The Kier molecular flexibility index (Phi) is 11.2. The molecule has 3 heterocycles. The van der Waals surface area contributed by atoms with Crippen LogP contribution in [0.5, 0.6) is 5.75 Å². The normalized spacial score (nSPS) is 17.6. The lowest BCUT2D eigenvalue weighted by atomic mass is 10.0.